The van der Waals surface area contributed by atoms with Gasteiger partial charge in [0, 0.05) is 57.8 Å². The van der Waals surface area contributed by atoms with Crippen LogP contribution in [0.4, 0.5) is 5.69 Å². The lowest BCUT2D eigenvalue weighted by atomic mass is 10.1. The third-order valence-electron chi connectivity index (χ3n) is 4.33. The van der Waals surface area contributed by atoms with Gasteiger partial charge < -0.3 is 9.64 Å². The Morgan fingerprint density at radius 3 is 2.57 bits per heavy atom. The lowest BCUT2D eigenvalue weighted by molar-refractivity contribution is 0.0613. The summed E-state index contributed by atoms with van der Waals surface area (Å²) in [5.74, 6) is 0. The largest absolute Gasteiger partial charge is 0.375 e. The Labute approximate surface area is 142 Å². The van der Waals surface area contributed by atoms with E-state index in [-0.39, 0.29) is 6.10 Å². The first-order chi connectivity index (χ1) is 11.3. The van der Waals surface area contributed by atoms with E-state index < -0.39 is 0 Å². The second kappa shape index (κ2) is 7.77. The summed E-state index contributed by atoms with van der Waals surface area (Å²) >= 11 is 6.30. The summed E-state index contributed by atoms with van der Waals surface area (Å²) in [5.41, 5.74) is 2.26. The SMILES string of the molecule is COC(CN1CCN(c2ccccc2Cl)CC1)c1cccnc1. The second-order valence-corrected chi connectivity index (χ2v) is 6.16. The predicted molar refractivity (Wildman–Crippen MR) is 94.1 cm³/mol. The van der Waals surface area contributed by atoms with Crippen molar-refractivity contribution in [1.82, 2.24) is 9.88 Å². The van der Waals surface area contributed by atoms with Crippen LogP contribution in [0.25, 0.3) is 0 Å². The van der Waals surface area contributed by atoms with E-state index in [1.807, 2.05) is 30.5 Å². The van der Waals surface area contributed by atoms with E-state index in [0.29, 0.717) is 0 Å². The van der Waals surface area contributed by atoms with E-state index in [1.165, 1.54) is 0 Å². The Bertz CT molecular complexity index is 615. The van der Waals surface area contributed by atoms with E-state index in [1.54, 1.807) is 13.3 Å². The fourth-order valence-corrected chi connectivity index (χ4v) is 3.25. The molecule has 0 radical (unpaired) electrons. The van der Waals surface area contributed by atoms with Gasteiger partial charge in [-0.25, -0.2) is 0 Å². The quantitative estimate of drug-likeness (QED) is 0.841. The third kappa shape index (κ3) is 4.02. The van der Waals surface area contributed by atoms with E-state index in [2.05, 4.69) is 26.9 Å². The second-order valence-electron chi connectivity index (χ2n) is 5.75. The number of ether oxygens (including phenoxy) is 1. The van der Waals surface area contributed by atoms with Crippen LogP contribution in [0, 0.1) is 0 Å². The molecule has 1 unspecified atom stereocenters. The van der Waals surface area contributed by atoms with Crippen LogP contribution in [-0.2, 0) is 4.74 Å². The zero-order valence-corrected chi connectivity index (χ0v) is 14.1. The molecule has 1 aromatic heterocycles. The monoisotopic (exact) mass is 331 g/mol. The van der Waals surface area contributed by atoms with Gasteiger partial charge in [0.2, 0.25) is 0 Å². The van der Waals surface area contributed by atoms with Crippen molar-refractivity contribution in [3.05, 3.63) is 59.4 Å². The predicted octanol–water partition coefficient (Wildman–Crippen LogP) is 3.24. The molecule has 0 spiro atoms. The first kappa shape index (κ1) is 16.2. The zero-order chi connectivity index (χ0) is 16.1. The highest BCUT2D eigenvalue weighted by molar-refractivity contribution is 6.33. The molecule has 23 heavy (non-hydrogen) atoms. The molecule has 1 saturated heterocycles. The molecular formula is C18H22ClN3O. The molecule has 1 atom stereocenters. The Morgan fingerprint density at radius 2 is 1.91 bits per heavy atom. The van der Waals surface area contributed by atoms with E-state index in [4.69, 9.17) is 16.3 Å². The maximum Gasteiger partial charge on any atom is 0.0962 e. The Kier molecular flexibility index (Phi) is 5.49. The number of para-hydroxylation sites is 1. The van der Waals surface area contributed by atoms with Gasteiger partial charge in [-0.15, -0.1) is 0 Å². The molecule has 122 valence electrons. The standard InChI is InChI=1S/C18H22ClN3O/c1-23-18(15-5-4-8-20-13-15)14-21-9-11-22(12-10-21)17-7-3-2-6-16(17)19/h2-8,13,18H,9-12,14H2,1H3. The first-order valence-electron chi connectivity index (χ1n) is 7.92. The number of methoxy groups -OCH3 is 1. The number of benzene rings is 1. The molecular weight excluding hydrogens is 310 g/mol. The molecule has 2 heterocycles. The maximum atomic E-state index is 6.30. The number of pyridine rings is 1. The molecule has 1 aliphatic rings. The number of piperazine rings is 1. The molecule has 1 aromatic carbocycles. The van der Waals surface area contributed by atoms with Crippen LogP contribution in [-0.4, -0.2) is 49.7 Å². The summed E-state index contributed by atoms with van der Waals surface area (Å²) < 4.78 is 5.65. The van der Waals surface area contributed by atoms with E-state index in [0.717, 1.165) is 49.0 Å². The molecule has 4 nitrogen and oxygen atoms in total. The fraction of sp³-hybridized carbons (Fsp3) is 0.389. The van der Waals surface area contributed by atoms with Gasteiger partial charge in [-0.1, -0.05) is 29.8 Å². The summed E-state index contributed by atoms with van der Waals surface area (Å²) in [7, 11) is 1.76. The minimum atomic E-state index is 0.0653. The highest BCUT2D eigenvalue weighted by atomic mass is 35.5. The molecule has 5 heteroatoms. The summed E-state index contributed by atoms with van der Waals surface area (Å²) in [6.45, 7) is 4.86. The van der Waals surface area contributed by atoms with Gasteiger partial charge in [-0.3, -0.25) is 9.88 Å². The molecule has 0 aliphatic carbocycles. The van der Waals surface area contributed by atoms with Gasteiger partial charge in [-0.2, -0.15) is 0 Å². The van der Waals surface area contributed by atoms with Gasteiger partial charge >= 0.3 is 0 Å². The minimum absolute atomic E-state index is 0.0653. The van der Waals surface area contributed by atoms with Crippen molar-refractivity contribution in [2.24, 2.45) is 0 Å². The third-order valence-corrected chi connectivity index (χ3v) is 4.65. The number of anilines is 1. The van der Waals surface area contributed by atoms with Crippen molar-refractivity contribution in [2.75, 3.05) is 44.7 Å². The van der Waals surface area contributed by atoms with Gasteiger partial charge in [0.05, 0.1) is 16.8 Å². The Balaban J connectivity index is 1.58. The van der Waals surface area contributed by atoms with Crippen LogP contribution in [0.2, 0.25) is 5.02 Å². The molecule has 1 fully saturated rings. The van der Waals surface area contributed by atoms with Crippen molar-refractivity contribution in [2.45, 2.75) is 6.10 Å². The smallest absolute Gasteiger partial charge is 0.0962 e. The van der Waals surface area contributed by atoms with Crippen molar-refractivity contribution >= 4 is 17.3 Å². The van der Waals surface area contributed by atoms with Crippen LogP contribution in [0.1, 0.15) is 11.7 Å². The lowest BCUT2D eigenvalue weighted by Gasteiger charge is -2.37. The van der Waals surface area contributed by atoms with Crippen molar-refractivity contribution < 1.29 is 4.74 Å². The Morgan fingerprint density at radius 1 is 1.13 bits per heavy atom. The van der Waals surface area contributed by atoms with Crippen molar-refractivity contribution in [3.63, 3.8) is 0 Å². The molecule has 3 rings (SSSR count). The molecule has 2 aromatic rings. The highest BCUT2D eigenvalue weighted by Gasteiger charge is 2.22. The van der Waals surface area contributed by atoms with E-state index in [9.17, 15) is 0 Å². The maximum absolute atomic E-state index is 6.30. The zero-order valence-electron chi connectivity index (χ0n) is 13.4. The van der Waals surface area contributed by atoms with Gasteiger partial charge in [-0.05, 0) is 18.2 Å². The van der Waals surface area contributed by atoms with Crippen LogP contribution in [0.5, 0.6) is 0 Å². The average molecular weight is 332 g/mol. The summed E-state index contributed by atoms with van der Waals surface area (Å²) in [4.78, 5) is 8.98. The van der Waals surface area contributed by atoms with E-state index >= 15 is 0 Å². The summed E-state index contributed by atoms with van der Waals surface area (Å²) in [5, 5.41) is 0.825. The van der Waals surface area contributed by atoms with Crippen molar-refractivity contribution in [3.8, 4) is 0 Å². The number of halogens is 1. The first-order valence-corrected chi connectivity index (χ1v) is 8.30. The highest BCUT2D eigenvalue weighted by Crippen LogP contribution is 2.26. The molecule has 0 amide bonds. The molecule has 0 saturated carbocycles. The summed E-state index contributed by atoms with van der Waals surface area (Å²) in [6, 6.07) is 12.1. The lowest BCUT2D eigenvalue weighted by Crippen LogP contribution is -2.47. The van der Waals surface area contributed by atoms with Gasteiger partial charge in [0.15, 0.2) is 0 Å². The summed E-state index contributed by atoms with van der Waals surface area (Å²) in [6.07, 6.45) is 3.74. The van der Waals surface area contributed by atoms with Crippen LogP contribution in [0.15, 0.2) is 48.8 Å². The fourth-order valence-electron chi connectivity index (χ4n) is 3.00. The average Bonchev–Trinajstić information content (AvgIpc) is 2.61. The Hall–Kier alpha value is -1.62. The topological polar surface area (TPSA) is 28.6 Å². The van der Waals surface area contributed by atoms with Gasteiger partial charge in [0.1, 0.15) is 0 Å². The molecule has 1 aliphatic heterocycles. The minimum Gasteiger partial charge on any atom is -0.375 e. The van der Waals surface area contributed by atoms with Crippen molar-refractivity contribution in [1.29, 1.82) is 0 Å². The van der Waals surface area contributed by atoms with Crippen LogP contribution < -0.4 is 4.90 Å². The molecule has 0 bridgehead atoms. The van der Waals surface area contributed by atoms with Crippen LogP contribution in [0.3, 0.4) is 0 Å². The number of aromatic nitrogens is 1. The molecule has 0 N–H and O–H groups in total. The number of nitrogens with zero attached hydrogens (tertiary/aromatic N) is 3. The van der Waals surface area contributed by atoms with Crippen LogP contribution >= 0.6 is 11.6 Å². The normalized spacial score (nSPS) is 17.2. The van der Waals surface area contributed by atoms with Gasteiger partial charge in [0.25, 0.3) is 0 Å². The number of rotatable bonds is 5. The number of hydrogen-bond acceptors (Lipinski definition) is 4. The number of hydrogen-bond donors (Lipinski definition) is 0.